The number of nitriles is 1. The summed E-state index contributed by atoms with van der Waals surface area (Å²) < 4.78 is 39.3. The first-order valence-corrected chi connectivity index (χ1v) is 30.1. The Morgan fingerprint density at radius 2 is 1.61 bits per heavy atom. The third-order valence-corrected chi connectivity index (χ3v) is 16.4. The van der Waals surface area contributed by atoms with E-state index < -0.39 is 29.2 Å². The van der Waals surface area contributed by atoms with Gasteiger partial charge < -0.3 is 66.0 Å². The van der Waals surface area contributed by atoms with Crippen molar-refractivity contribution in [1.29, 1.82) is 5.26 Å². The van der Waals surface area contributed by atoms with E-state index >= 15 is 0 Å². The van der Waals surface area contributed by atoms with Crippen LogP contribution in [-0.2, 0) is 51.2 Å². The first-order chi connectivity index (χ1) is 41.0. The number of halogens is 1. The lowest BCUT2D eigenvalue weighted by Crippen LogP contribution is -2.53. The number of rotatable bonds is 29. The molecule has 2 saturated heterocycles. The predicted octanol–water partition coefficient (Wildman–Crippen LogP) is 4.78. The third-order valence-electron chi connectivity index (χ3n) is 16.4. The van der Waals surface area contributed by atoms with E-state index in [9.17, 15) is 33.6 Å². The average Bonchev–Trinajstić information content (AvgIpc) is 2.79. The molecule has 2 bridgehead atoms. The number of carbonyl (C=O) groups is 5. The summed E-state index contributed by atoms with van der Waals surface area (Å²) in [5.41, 5.74) is 10.6. The highest BCUT2D eigenvalue weighted by Gasteiger charge is 2.45. The van der Waals surface area contributed by atoms with Gasteiger partial charge in [-0.05, 0) is 93.3 Å². The number of likely N-dealkylation sites (tertiary alicyclic amines) is 1. The van der Waals surface area contributed by atoms with Crippen molar-refractivity contribution >= 4 is 41.0 Å². The highest BCUT2D eigenvalue weighted by molar-refractivity contribution is 5.97. The van der Waals surface area contributed by atoms with Crippen molar-refractivity contribution in [3.63, 3.8) is 0 Å². The van der Waals surface area contributed by atoms with E-state index in [1.165, 1.54) is 12.1 Å². The van der Waals surface area contributed by atoms with Gasteiger partial charge in [0.2, 0.25) is 23.6 Å². The number of ether oxygens (including phenoxy) is 4. The van der Waals surface area contributed by atoms with Crippen LogP contribution in [-0.4, -0.2) is 171 Å². The minimum Gasteiger partial charge on any atom is -0.382 e. The fourth-order valence-corrected chi connectivity index (χ4v) is 11.4. The summed E-state index contributed by atoms with van der Waals surface area (Å²) in [6.45, 7) is 14.4. The maximum absolute atomic E-state index is 14.9. The monoisotopic (exact) mass is 1180 g/mol. The third kappa shape index (κ3) is 16.7. The number of likely N-dealkylation sites (N-methyl/N-ethyl adjacent to an activating group) is 1. The van der Waals surface area contributed by atoms with E-state index in [0.717, 1.165) is 24.8 Å². The zero-order valence-electron chi connectivity index (χ0n) is 50.1. The summed E-state index contributed by atoms with van der Waals surface area (Å²) in [6, 6.07) is 16.6. The molecule has 1 aliphatic carbocycles. The van der Waals surface area contributed by atoms with E-state index in [4.69, 9.17) is 29.8 Å². The lowest BCUT2D eigenvalue weighted by atomic mass is 9.79. The predicted molar refractivity (Wildman–Crippen MR) is 318 cm³/mol. The molecular formula is C62H86FN13O9. The second kappa shape index (κ2) is 30.3. The number of nitrogens with two attached hydrogens (primary N) is 1. The largest absolute Gasteiger partial charge is 0.382 e. The van der Waals surface area contributed by atoms with E-state index in [1.807, 2.05) is 64.1 Å². The lowest BCUT2D eigenvalue weighted by molar-refractivity contribution is -0.144. The Balaban J connectivity index is 0.722. The number of hydrogen-bond donors (Lipinski definition) is 6. The van der Waals surface area contributed by atoms with Gasteiger partial charge in [-0.25, -0.2) is 9.37 Å². The molecule has 2 aromatic carbocycles. The maximum Gasteiger partial charge on any atom is 0.254 e. The molecule has 4 aromatic rings. The van der Waals surface area contributed by atoms with Gasteiger partial charge >= 0.3 is 0 Å². The topological polar surface area (TPSA) is 273 Å². The number of benzene rings is 2. The van der Waals surface area contributed by atoms with Gasteiger partial charge in [0.25, 0.3) is 5.91 Å². The quantitative estimate of drug-likeness (QED) is 0.0399. The molecule has 4 aliphatic rings. The van der Waals surface area contributed by atoms with Gasteiger partial charge in [-0.2, -0.15) is 10.4 Å². The number of nitrogens with zero attached hydrogens (tertiary/aromatic N) is 7. The van der Waals surface area contributed by atoms with Gasteiger partial charge in [0.05, 0.1) is 101 Å². The van der Waals surface area contributed by atoms with Crippen LogP contribution in [0.4, 0.5) is 15.9 Å². The molecule has 1 saturated carbocycles. The van der Waals surface area contributed by atoms with E-state index in [0.29, 0.717) is 112 Å². The number of nitrogen functional groups attached to an aromatic ring is 1. The fraction of sp³-hybridized carbons (Fsp3) is 0.581. The van der Waals surface area contributed by atoms with Gasteiger partial charge in [-0.3, -0.25) is 28.7 Å². The Morgan fingerprint density at radius 1 is 0.906 bits per heavy atom. The number of anilines is 2. The highest BCUT2D eigenvalue weighted by atomic mass is 19.1. The number of nitrogens with one attached hydrogen (secondary N) is 5. The SMILES string of the molecule is CC[C@H](NC(=O)[C@H]1C[C@@H](NCCOCCOCCOCCOCCC(=O)NCCn2nc3c(c2C#N)-c2cnc(N)c(c2)N2CCC[C@@H]2c2cc(F)ccc2C(=O)N(C2CC2)C3)CN1C(=O)C(CNC(=O)[C@@H](C)NC)C(C)(C)C)c1ccccc1. The summed E-state index contributed by atoms with van der Waals surface area (Å²) >= 11 is 0. The molecular weight excluding hydrogens is 1090 g/mol. The zero-order chi connectivity index (χ0) is 60.6. The van der Waals surface area contributed by atoms with Crippen molar-refractivity contribution in [2.45, 2.75) is 129 Å². The second-order valence-corrected chi connectivity index (χ2v) is 23.4. The van der Waals surface area contributed by atoms with Gasteiger partial charge in [0, 0.05) is 74.1 Å². The number of hydrogen-bond acceptors (Lipinski definition) is 16. The summed E-state index contributed by atoms with van der Waals surface area (Å²) in [6.07, 6.45) is 6.00. The van der Waals surface area contributed by atoms with Crippen molar-refractivity contribution in [2.24, 2.45) is 11.3 Å². The molecule has 2 aromatic heterocycles. The Labute approximate surface area is 498 Å². The second-order valence-electron chi connectivity index (χ2n) is 23.4. The van der Waals surface area contributed by atoms with Crippen molar-refractivity contribution in [3.8, 4) is 17.2 Å². The van der Waals surface area contributed by atoms with Crippen molar-refractivity contribution < 1.29 is 47.3 Å². The molecule has 0 radical (unpaired) electrons. The minimum atomic E-state index is -0.699. The maximum atomic E-state index is 14.9. The molecule has 85 heavy (non-hydrogen) atoms. The highest BCUT2D eigenvalue weighted by Crippen LogP contribution is 2.44. The fourth-order valence-electron chi connectivity index (χ4n) is 11.4. The van der Waals surface area contributed by atoms with E-state index in [2.05, 4.69) is 42.5 Å². The normalized spacial score (nSPS) is 18.7. The molecule has 3 fully saturated rings. The summed E-state index contributed by atoms with van der Waals surface area (Å²) in [5, 5.41) is 31.0. The van der Waals surface area contributed by atoms with Crippen LogP contribution in [0.1, 0.15) is 125 Å². The van der Waals surface area contributed by atoms with Crippen LogP contribution < -0.4 is 37.2 Å². The number of pyridine rings is 1. The zero-order valence-corrected chi connectivity index (χ0v) is 50.1. The van der Waals surface area contributed by atoms with Crippen molar-refractivity contribution in [1.82, 2.24) is 51.1 Å². The van der Waals surface area contributed by atoms with E-state index in [-0.39, 0.29) is 111 Å². The summed E-state index contributed by atoms with van der Waals surface area (Å²) in [4.78, 5) is 78.7. The van der Waals surface area contributed by atoms with Gasteiger partial charge in [-0.1, -0.05) is 58.0 Å². The Morgan fingerprint density at radius 3 is 2.28 bits per heavy atom. The van der Waals surface area contributed by atoms with E-state index in [1.54, 1.807) is 40.7 Å². The molecule has 5 amide bonds. The molecule has 8 rings (SSSR count). The van der Waals surface area contributed by atoms with Crippen LogP contribution in [0.2, 0.25) is 0 Å². The molecule has 1 unspecified atom stereocenters. The first-order valence-electron chi connectivity index (χ1n) is 30.1. The molecule has 22 nitrogen and oxygen atoms in total. The minimum absolute atomic E-state index is 0.0225. The van der Waals surface area contributed by atoms with Crippen LogP contribution in [0.3, 0.4) is 0 Å². The van der Waals surface area contributed by atoms with Crippen LogP contribution in [0.5, 0.6) is 0 Å². The molecule has 5 heterocycles. The standard InChI is InChI=1S/C62H86FN13O9/c1-7-49(41-12-9-8-10-13-41)71-59(79)53-34-44(38-75(53)61(81)48(62(3,4)5)37-70-58(78)40(2)66-6)67-21-25-83-27-29-85-31-30-84-28-26-82-24-19-55(77)68-20-23-76-54(35-64)56-42-32-52(57(65)69-36-42)73-22-11-14-51(73)47-33-43(63)15-18-46(47)60(80)74(45-16-17-45)39-50(56)72-76/h8-10,12-13,15,18,32-33,36,40,44-45,48-49,51,53,66-67H,7,11,14,16-17,19-31,34,37-39H2,1-6H3,(H2,65,69)(H,68,77)(H,70,78)(H,71,79)/t40-,44-,48?,49+,51-,53-/m1/s1. The van der Waals surface area contributed by atoms with Crippen LogP contribution >= 0.6 is 0 Å². The Hall–Kier alpha value is -7.07. The lowest BCUT2D eigenvalue weighted by Gasteiger charge is -2.35. The average molecular weight is 1180 g/mol. The molecule has 3 aliphatic heterocycles. The first kappa shape index (κ1) is 63.9. The number of amides is 5. The summed E-state index contributed by atoms with van der Waals surface area (Å²) in [5.74, 6) is -1.73. The van der Waals surface area contributed by atoms with Gasteiger partial charge in [0.15, 0.2) is 0 Å². The van der Waals surface area contributed by atoms with Gasteiger partial charge in [-0.15, -0.1) is 0 Å². The molecule has 7 N–H and O–H groups in total. The molecule has 0 spiro atoms. The molecule has 6 atom stereocenters. The smallest absolute Gasteiger partial charge is 0.254 e. The Bertz CT molecular complexity index is 2970. The van der Waals surface area contributed by atoms with Crippen molar-refractivity contribution in [3.05, 3.63) is 94.7 Å². The van der Waals surface area contributed by atoms with Crippen molar-refractivity contribution in [2.75, 3.05) is 103 Å². The summed E-state index contributed by atoms with van der Waals surface area (Å²) in [7, 11) is 1.71. The van der Waals surface area contributed by atoms with Crippen LogP contribution in [0, 0.1) is 28.5 Å². The van der Waals surface area contributed by atoms with Gasteiger partial charge in [0.1, 0.15) is 29.4 Å². The molecule has 23 heteroatoms. The molecule has 460 valence electrons. The van der Waals surface area contributed by atoms with Crippen LogP contribution in [0.25, 0.3) is 11.1 Å². The number of carbonyl (C=O) groups excluding carboxylic acids is 5. The van der Waals surface area contributed by atoms with Crippen LogP contribution in [0.15, 0.2) is 60.8 Å². The number of fused-ring (bicyclic) bond motifs is 8. The number of aromatic nitrogens is 3. The Kier molecular flexibility index (Phi) is 22.8.